The average Bonchev–Trinajstić information content (AvgIpc) is 3.00. The lowest BCUT2D eigenvalue weighted by atomic mass is 10.2. The van der Waals surface area contributed by atoms with Gasteiger partial charge in [0.15, 0.2) is 16.7 Å². The molecule has 0 saturated carbocycles. The van der Waals surface area contributed by atoms with E-state index in [0.717, 1.165) is 31.0 Å². The number of rotatable bonds is 11. The molecule has 1 unspecified atom stereocenters. The van der Waals surface area contributed by atoms with Crippen LogP contribution < -0.4 is 14.8 Å². The molecule has 1 aliphatic rings. The maximum absolute atomic E-state index is 11.7. The second-order valence-electron chi connectivity index (χ2n) is 6.13. The standard InChI is InChI=1S/C19H25N3O5S/c1-3-4-5-6-10-27-17-13(8-7-9-14(17)26-2)12-20-22-19-21-18(25)15(28-19)11-16(23)24/h7-9,12,15H,3-6,10-11H2,1-2H3,(H,23,24)(H,21,22,25). The fourth-order valence-electron chi connectivity index (χ4n) is 2.54. The molecule has 9 heteroatoms. The molecule has 0 spiro atoms. The van der Waals surface area contributed by atoms with Crippen LogP contribution in [0.25, 0.3) is 0 Å². The number of thioether (sulfide) groups is 1. The van der Waals surface area contributed by atoms with Crippen LogP contribution in [-0.2, 0) is 9.59 Å². The lowest BCUT2D eigenvalue weighted by Gasteiger charge is -2.12. The van der Waals surface area contributed by atoms with Crippen LogP contribution in [0.5, 0.6) is 11.5 Å². The Labute approximate surface area is 168 Å². The van der Waals surface area contributed by atoms with E-state index in [1.165, 1.54) is 12.6 Å². The van der Waals surface area contributed by atoms with Crippen molar-refractivity contribution in [3.63, 3.8) is 0 Å². The van der Waals surface area contributed by atoms with Crippen molar-refractivity contribution < 1.29 is 24.2 Å². The zero-order chi connectivity index (χ0) is 20.4. The summed E-state index contributed by atoms with van der Waals surface area (Å²) in [6.07, 6.45) is 5.66. The van der Waals surface area contributed by atoms with Crippen molar-refractivity contribution in [2.24, 2.45) is 10.2 Å². The van der Waals surface area contributed by atoms with Crippen LogP contribution in [-0.4, -0.2) is 47.3 Å². The fraction of sp³-hybridized carbons (Fsp3) is 0.474. The summed E-state index contributed by atoms with van der Waals surface area (Å²) >= 11 is 1.05. The number of benzene rings is 1. The lowest BCUT2D eigenvalue weighted by Crippen LogP contribution is -2.26. The van der Waals surface area contributed by atoms with E-state index in [1.807, 2.05) is 18.2 Å². The monoisotopic (exact) mass is 407 g/mol. The third kappa shape index (κ3) is 6.56. The maximum Gasteiger partial charge on any atom is 0.305 e. The molecule has 1 aromatic rings. The number of ether oxygens (including phenoxy) is 2. The lowest BCUT2D eigenvalue weighted by molar-refractivity contribution is -0.138. The highest BCUT2D eigenvalue weighted by Crippen LogP contribution is 2.30. The van der Waals surface area contributed by atoms with Crippen molar-refractivity contribution >= 4 is 35.0 Å². The van der Waals surface area contributed by atoms with E-state index in [1.54, 1.807) is 7.11 Å². The minimum Gasteiger partial charge on any atom is -0.493 e. The smallest absolute Gasteiger partial charge is 0.305 e. The number of nitrogens with zero attached hydrogens (tertiary/aromatic N) is 2. The highest BCUT2D eigenvalue weighted by molar-refractivity contribution is 8.15. The number of amides is 1. The molecule has 2 rings (SSSR count). The Bertz CT molecular complexity index is 751. The Kier molecular flexibility index (Phi) is 8.80. The summed E-state index contributed by atoms with van der Waals surface area (Å²) in [5.74, 6) is -0.206. The topological polar surface area (TPSA) is 110 Å². The molecular formula is C19H25N3O5S. The van der Waals surface area contributed by atoms with Crippen molar-refractivity contribution in [2.45, 2.75) is 44.3 Å². The number of unbranched alkanes of at least 4 members (excludes halogenated alkanes) is 3. The third-order valence-electron chi connectivity index (χ3n) is 3.96. The minimum absolute atomic E-state index is 0.259. The third-order valence-corrected chi connectivity index (χ3v) is 5.03. The number of aliphatic carboxylic acids is 1. The Morgan fingerprint density at radius 3 is 2.89 bits per heavy atom. The molecule has 28 heavy (non-hydrogen) atoms. The molecule has 1 aromatic carbocycles. The van der Waals surface area contributed by atoms with E-state index in [-0.39, 0.29) is 17.5 Å². The van der Waals surface area contributed by atoms with Gasteiger partial charge in [0.05, 0.1) is 26.4 Å². The summed E-state index contributed by atoms with van der Waals surface area (Å²) in [5, 5.41) is 18.9. The van der Waals surface area contributed by atoms with Gasteiger partial charge in [0.2, 0.25) is 5.91 Å². The van der Waals surface area contributed by atoms with Crippen LogP contribution in [0.15, 0.2) is 28.4 Å². The van der Waals surface area contributed by atoms with Gasteiger partial charge in [-0.15, -0.1) is 5.10 Å². The summed E-state index contributed by atoms with van der Waals surface area (Å²) in [7, 11) is 1.58. The number of carbonyl (C=O) groups excluding carboxylic acids is 1. The van der Waals surface area contributed by atoms with E-state index in [2.05, 4.69) is 22.4 Å². The fourth-order valence-corrected chi connectivity index (χ4v) is 3.46. The number of carbonyl (C=O) groups is 2. The molecule has 1 heterocycles. The minimum atomic E-state index is -1.03. The number of amidine groups is 1. The number of hydrogen-bond donors (Lipinski definition) is 2. The highest BCUT2D eigenvalue weighted by atomic mass is 32.2. The van der Waals surface area contributed by atoms with Gasteiger partial charge in [0, 0.05) is 5.56 Å². The zero-order valence-electron chi connectivity index (χ0n) is 16.0. The normalized spacial score (nSPS) is 17.9. The van der Waals surface area contributed by atoms with Gasteiger partial charge in [-0.3, -0.25) is 9.59 Å². The average molecular weight is 407 g/mol. The molecule has 1 aliphatic heterocycles. The van der Waals surface area contributed by atoms with Crippen LogP contribution >= 0.6 is 11.8 Å². The van der Waals surface area contributed by atoms with Crippen molar-refractivity contribution in [3.8, 4) is 11.5 Å². The number of hydrogen-bond acceptors (Lipinski definition) is 7. The van der Waals surface area contributed by atoms with E-state index >= 15 is 0 Å². The Balaban J connectivity index is 2.04. The summed E-state index contributed by atoms with van der Waals surface area (Å²) in [6.45, 7) is 2.74. The molecule has 0 aliphatic carbocycles. The number of methoxy groups -OCH3 is 1. The first-order valence-corrected chi connectivity index (χ1v) is 10.0. The molecule has 1 saturated heterocycles. The van der Waals surface area contributed by atoms with Gasteiger partial charge in [0.25, 0.3) is 0 Å². The Morgan fingerprint density at radius 2 is 2.18 bits per heavy atom. The molecule has 1 fully saturated rings. The van der Waals surface area contributed by atoms with Gasteiger partial charge >= 0.3 is 5.97 Å². The number of nitrogens with one attached hydrogen (secondary N) is 1. The second-order valence-corrected chi connectivity index (χ2v) is 7.32. The van der Waals surface area contributed by atoms with Crippen LogP contribution in [0.1, 0.15) is 44.6 Å². The largest absolute Gasteiger partial charge is 0.493 e. The molecule has 0 bridgehead atoms. The number of para-hydroxylation sites is 1. The predicted octanol–water partition coefficient (Wildman–Crippen LogP) is 3.05. The maximum atomic E-state index is 11.7. The van der Waals surface area contributed by atoms with Gasteiger partial charge in [-0.25, -0.2) is 0 Å². The summed E-state index contributed by atoms with van der Waals surface area (Å²) in [4.78, 5) is 22.5. The number of carboxylic acids is 1. The van der Waals surface area contributed by atoms with Crippen molar-refractivity contribution in [2.75, 3.05) is 13.7 Å². The van der Waals surface area contributed by atoms with Crippen LogP contribution in [0.4, 0.5) is 0 Å². The quantitative estimate of drug-likeness (QED) is 0.331. The molecule has 1 amide bonds. The van der Waals surface area contributed by atoms with E-state index in [0.29, 0.717) is 23.7 Å². The van der Waals surface area contributed by atoms with Gasteiger partial charge in [0.1, 0.15) is 5.25 Å². The molecular weight excluding hydrogens is 382 g/mol. The molecule has 152 valence electrons. The Hall–Kier alpha value is -2.55. The molecule has 0 radical (unpaired) electrons. The first-order chi connectivity index (χ1) is 13.5. The van der Waals surface area contributed by atoms with E-state index in [9.17, 15) is 9.59 Å². The SMILES string of the molecule is CCCCCCOc1c(C=NN=C2NC(=O)C(CC(=O)O)S2)cccc1OC. The van der Waals surface area contributed by atoms with Crippen LogP contribution in [0.2, 0.25) is 0 Å². The van der Waals surface area contributed by atoms with E-state index < -0.39 is 11.2 Å². The summed E-state index contributed by atoms with van der Waals surface area (Å²) in [5.41, 5.74) is 0.704. The molecule has 2 N–H and O–H groups in total. The molecule has 8 nitrogen and oxygen atoms in total. The van der Waals surface area contributed by atoms with Crippen LogP contribution in [0.3, 0.4) is 0 Å². The van der Waals surface area contributed by atoms with Crippen molar-refractivity contribution in [1.29, 1.82) is 0 Å². The van der Waals surface area contributed by atoms with Crippen molar-refractivity contribution in [1.82, 2.24) is 5.32 Å². The first-order valence-electron chi connectivity index (χ1n) is 9.15. The second kappa shape index (κ2) is 11.3. The number of carboxylic acid groups (broad SMARTS) is 1. The van der Waals surface area contributed by atoms with E-state index in [4.69, 9.17) is 14.6 Å². The molecule has 1 atom stereocenters. The highest BCUT2D eigenvalue weighted by Gasteiger charge is 2.32. The summed E-state index contributed by atoms with van der Waals surface area (Å²) < 4.78 is 11.3. The first kappa shape index (κ1) is 21.7. The summed E-state index contributed by atoms with van der Waals surface area (Å²) in [6, 6.07) is 5.47. The molecule has 0 aromatic heterocycles. The zero-order valence-corrected chi connectivity index (χ0v) is 16.8. The van der Waals surface area contributed by atoms with Gasteiger partial charge in [-0.2, -0.15) is 5.10 Å². The Morgan fingerprint density at radius 1 is 1.36 bits per heavy atom. The predicted molar refractivity (Wildman–Crippen MR) is 109 cm³/mol. The van der Waals surface area contributed by atoms with Gasteiger partial charge in [-0.05, 0) is 18.6 Å². The van der Waals surface area contributed by atoms with Crippen LogP contribution in [0, 0.1) is 0 Å². The van der Waals surface area contributed by atoms with Gasteiger partial charge in [-0.1, -0.05) is 44.0 Å². The van der Waals surface area contributed by atoms with Gasteiger partial charge < -0.3 is 19.9 Å². The van der Waals surface area contributed by atoms with Crippen molar-refractivity contribution in [3.05, 3.63) is 23.8 Å².